The molecule has 0 bridgehead atoms. The van der Waals surface area contributed by atoms with Crippen LogP contribution in [0.25, 0.3) is 16.7 Å². The molecule has 2 aliphatic heterocycles. The molecule has 0 saturated carbocycles. The lowest BCUT2D eigenvalue weighted by Crippen LogP contribution is -2.31. The second kappa shape index (κ2) is 7.38. The van der Waals surface area contributed by atoms with Crippen molar-refractivity contribution in [1.29, 1.82) is 0 Å². The molecule has 0 saturated heterocycles. The molecule has 1 aliphatic carbocycles. The normalized spacial score (nSPS) is 21.2. The third-order valence-electron chi connectivity index (χ3n) is 6.47. The van der Waals surface area contributed by atoms with Crippen LogP contribution in [-0.4, -0.2) is 17.6 Å². The number of aromatic nitrogens is 1. The summed E-state index contributed by atoms with van der Waals surface area (Å²) in [4.78, 5) is 9.53. The second-order valence-electron chi connectivity index (χ2n) is 8.46. The van der Waals surface area contributed by atoms with Crippen molar-refractivity contribution in [2.75, 3.05) is 6.61 Å². The van der Waals surface area contributed by atoms with Crippen LogP contribution in [0.1, 0.15) is 42.5 Å². The summed E-state index contributed by atoms with van der Waals surface area (Å²) < 4.78 is 12.0. The van der Waals surface area contributed by atoms with E-state index in [-0.39, 0.29) is 6.02 Å². The van der Waals surface area contributed by atoms with Crippen LogP contribution < -0.4 is 10.5 Å². The fraction of sp³-hybridized carbons (Fsp3) is 0.231. The van der Waals surface area contributed by atoms with Crippen molar-refractivity contribution in [2.24, 2.45) is 10.7 Å². The van der Waals surface area contributed by atoms with Gasteiger partial charge in [-0.3, -0.25) is 4.98 Å². The van der Waals surface area contributed by atoms with Crippen LogP contribution in [0.2, 0.25) is 5.02 Å². The largest absolute Gasteiger partial charge is 0.462 e. The zero-order chi connectivity index (χ0) is 21.7. The van der Waals surface area contributed by atoms with Gasteiger partial charge in [0, 0.05) is 16.1 Å². The number of pyridine rings is 1. The molecule has 0 radical (unpaired) electrons. The van der Waals surface area contributed by atoms with Gasteiger partial charge in [-0.2, -0.15) is 0 Å². The van der Waals surface area contributed by atoms with Gasteiger partial charge < -0.3 is 15.2 Å². The number of halogens is 1. The average Bonchev–Trinajstić information content (AvgIpc) is 3.22. The first-order valence-electron chi connectivity index (χ1n) is 10.9. The van der Waals surface area contributed by atoms with Crippen LogP contribution >= 0.6 is 11.6 Å². The van der Waals surface area contributed by atoms with Crippen molar-refractivity contribution in [1.82, 2.24) is 4.98 Å². The van der Waals surface area contributed by atoms with Crippen LogP contribution in [0.4, 0.5) is 0 Å². The number of nitrogens with two attached hydrogens (primary N) is 1. The van der Waals surface area contributed by atoms with Crippen LogP contribution in [0, 0.1) is 0 Å². The minimum absolute atomic E-state index is 0.187. The molecule has 5 nitrogen and oxygen atoms in total. The summed E-state index contributed by atoms with van der Waals surface area (Å²) in [6.45, 7) is 0.323. The van der Waals surface area contributed by atoms with Crippen molar-refractivity contribution >= 4 is 23.2 Å². The number of hydrogen-bond acceptors (Lipinski definition) is 5. The highest BCUT2D eigenvalue weighted by atomic mass is 35.5. The number of rotatable bonds is 2. The molecule has 1 atom stereocenters. The fourth-order valence-corrected chi connectivity index (χ4v) is 5.04. The maximum absolute atomic E-state index is 6.28. The highest BCUT2D eigenvalue weighted by Gasteiger charge is 2.47. The highest BCUT2D eigenvalue weighted by molar-refractivity contribution is 6.30. The third kappa shape index (κ3) is 3.07. The predicted octanol–water partition coefficient (Wildman–Crippen LogP) is 6.05. The van der Waals surface area contributed by atoms with E-state index >= 15 is 0 Å². The third-order valence-corrected chi connectivity index (χ3v) is 6.70. The van der Waals surface area contributed by atoms with Gasteiger partial charge >= 0.3 is 0 Å². The molecule has 2 aromatic carbocycles. The summed E-state index contributed by atoms with van der Waals surface area (Å²) in [6, 6.07) is 16.2. The summed E-state index contributed by atoms with van der Waals surface area (Å²) in [5, 5.41) is 0.694. The van der Waals surface area contributed by atoms with Crippen LogP contribution in [0.3, 0.4) is 0 Å². The topological polar surface area (TPSA) is 69.7 Å². The van der Waals surface area contributed by atoms with E-state index in [9.17, 15) is 0 Å². The monoisotopic (exact) mass is 443 g/mol. The van der Waals surface area contributed by atoms with Crippen LogP contribution in [-0.2, 0) is 10.3 Å². The molecule has 0 unspecified atom stereocenters. The molecule has 0 fully saturated rings. The Bertz CT molecular complexity index is 1300. The number of fused-ring (bicyclic) bond motifs is 4. The molecule has 6 rings (SSSR count). The standard InChI is InChI=1S/C26H22ClN3O2/c27-19-8-4-7-17(11-19)18-9-10-23-20(12-18)26(15-31-25(28)30-26)21-13-22(29-14-24(21)32-23)16-5-2-1-3-6-16/h4-5,7-14H,1-3,6,15H2,(H2,28,30)/t26-/m0/s1. The minimum atomic E-state index is -0.769. The second-order valence-corrected chi connectivity index (χ2v) is 8.90. The number of ether oxygens (including phenoxy) is 2. The molecule has 3 heterocycles. The molecule has 1 spiro atoms. The first kappa shape index (κ1) is 19.4. The Labute approximate surface area is 191 Å². The average molecular weight is 444 g/mol. The van der Waals surface area contributed by atoms with Crippen LogP contribution in [0.5, 0.6) is 11.5 Å². The Balaban J connectivity index is 1.53. The molecule has 6 heteroatoms. The Morgan fingerprint density at radius 2 is 1.84 bits per heavy atom. The zero-order valence-electron chi connectivity index (χ0n) is 17.5. The van der Waals surface area contributed by atoms with E-state index in [0.717, 1.165) is 46.5 Å². The first-order chi connectivity index (χ1) is 15.6. The van der Waals surface area contributed by atoms with E-state index in [0.29, 0.717) is 17.4 Å². The quantitative estimate of drug-likeness (QED) is 0.523. The van der Waals surface area contributed by atoms with Gasteiger partial charge in [0.1, 0.15) is 12.4 Å². The summed E-state index contributed by atoms with van der Waals surface area (Å²) in [6.07, 6.45) is 8.65. The summed E-state index contributed by atoms with van der Waals surface area (Å²) in [5.41, 5.74) is 11.5. The smallest absolute Gasteiger partial charge is 0.283 e. The zero-order valence-corrected chi connectivity index (χ0v) is 18.2. The van der Waals surface area contributed by atoms with Gasteiger partial charge in [-0.25, -0.2) is 4.99 Å². The van der Waals surface area contributed by atoms with E-state index in [1.165, 1.54) is 18.4 Å². The van der Waals surface area contributed by atoms with E-state index in [4.69, 9.17) is 36.8 Å². The molecule has 3 aliphatic rings. The summed E-state index contributed by atoms with van der Waals surface area (Å²) >= 11 is 6.24. The highest BCUT2D eigenvalue weighted by Crippen LogP contribution is 2.52. The van der Waals surface area contributed by atoms with Crippen LogP contribution in [0.15, 0.2) is 65.8 Å². The van der Waals surface area contributed by atoms with Gasteiger partial charge in [-0.1, -0.05) is 35.9 Å². The van der Waals surface area contributed by atoms with Crippen molar-refractivity contribution < 1.29 is 9.47 Å². The van der Waals surface area contributed by atoms with Gasteiger partial charge in [0.15, 0.2) is 11.3 Å². The number of hydrogen-bond donors (Lipinski definition) is 1. The predicted molar refractivity (Wildman–Crippen MR) is 126 cm³/mol. The molecule has 32 heavy (non-hydrogen) atoms. The fourth-order valence-electron chi connectivity index (χ4n) is 4.85. The van der Waals surface area contributed by atoms with Gasteiger partial charge in [0.05, 0.1) is 11.9 Å². The number of allylic oxidation sites excluding steroid dienone is 2. The molecular formula is C26H22ClN3O2. The van der Waals surface area contributed by atoms with E-state index in [1.807, 2.05) is 36.4 Å². The lowest BCUT2D eigenvalue weighted by Gasteiger charge is -2.34. The number of benzene rings is 2. The summed E-state index contributed by atoms with van der Waals surface area (Å²) in [5.74, 6) is 1.42. The van der Waals surface area contributed by atoms with E-state index in [1.54, 1.807) is 6.20 Å². The molecule has 160 valence electrons. The van der Waals surface area contributed by atoms with Gasteiger partial charge in [0.2, 0.25) is 0 Å². The van der Waals surface area contributed by atoms with Crippen molar-refractivity contribution in [2.45, 2.75) is 31.2 Å². The Morgan fingerprint density at radius 1 is 0.969 bits per heavy atom. The van der Waals surface area contributed by atoms with Gasteiger partial charge in [0.25, 0.3) is 6.02 Å². The number of nitrogens with zero attached hydrogens (tertiary/aromatic N) is 2. The summed E-state index contributed by atoms with van der Waals surface area (Å²) in [7, 11) is 0. The van der Waals surface area contributed by atoms with E-state index < -0.39 is 5.54 Å². The lowest BCUT2D eigenvalue weighted by molar-refractivity contribution is 0.264. The number of amidine groups is 1. The lowest BCUT2D eigenvalue weighted by atomic mass is 9.80. The maximum atomic E-state index is 6.28. The Morgan fingerprint density at radius 3 is 2.62 bits per heavy atom. The molecule has 3 aromatic rings. The van der Waals surface area contributed by atoms with Gasteiger partial charge in [-0.15, -0.1) is 0 Å². The number of aliphatic imine (C=N–C) groups is 1. The Kier molecular flexibility index (Phi) is 4.47. The molecule has 2 N–H and O–H groups in total. The van der Waals surface area contributed by atoms with Crippen molar-refractivity contribution in [3.05, 3.63) is 82.6 Å². The Hall–Kier alpha value is -3.31. The molecule has 1 aromatic heterocycles. The van der Waals surface area contributed by atoms with Crippen molar-refractivity contribution in [3.8, 4) is 22.6 Å². The maximum Gasteiger partial charge on any atom is 0.283 e. The van der Waals surface area contributed by atoms with Gasteiger partial charge in [-0.05, 0) is 72.7 Å². The van der Waals surface area contributed by atoms with Crippen molar-refractivity contribution in [3.63, 3.8) is 0 Å². The SMILES string of the molecule is NC1=N[C@@]2(CO1)c1cc(-c3cccc(Cl)c3)ccc1Oc1cnc(C3=CCCCC3)cc12. The molecular weight excluding hydrogens is 422 g/mol. The van der Waals surface area contributed by atoms with E-state index in [2.05, 4.69) is 18.2 Å². The molecule has 0 amide bonds. The minimum Gasteiger partial charge on any atom is -0.462 e. The first-order valence-corrected chi connectivity index (χ1v) is 11.3.